The van der Waals surface area contributed by atoms with Crippen LogP contribution in [0.1, 0.15) is 5.56 Å². The molecule has 5 nitrogen and oxygen atoms in total. The predicted octanol–water partition coefficient (Wildman–Crippen LogP) is 0.243. The predicted molar refractivity (Wildman–Crippen MR) is 59.0 cm³/mol. The van der Waals surface area contributed by atoms with E-state index in [-0.39, 0.29) is 5.91 Å². The highest BCUT2D eigenvalue weighted by atomic mass is 16.5. The second-order valence-electron chi connectivity index (χ2n) is 3.73. The molecule has 17 heavy (non-hydrogen) atoms. The van der Waals surface area contributed by atoms with Crippen molar-refractivity contribution in [3.63, 3.8) is 0 Å². The van der Waals surface area contributed by atoms with Crippen LogP contribution < -0.4 is 5.32 Å². The summed E-state index contributed by atoms with van der Waals surface area (Å²) in [5, 5.41) is 2.44. The number of nitrogens with one attached hydrogen (secondary N) is 1. The molecule has 0 aromatic heterocycles. The molecular formula is C12H13NO4. The van der Waals surface area contributed by atoms with E-state index in [1.807, 2.05) is 30.3 Å². The molecule has 1 saturated heterocycles. The number of methoxy groups -OCH3 is 1. The Labute approximate surface area is 98.7 Å². The molecule has 2 rings (SSSR count). The van der Waals surface area contributed by atoms with Gasteiger partial charge in [-0.3, -0.25) is 4.79 Å². The van der Waals surface area contributed by atoms with E-state index in [4.69, 9.17) is 4.74 Å². The molecule has 2 atom stereocenters. The minimum Gasteiger partial charge on any atom is -0.467 e. The molecule has 0 radical (unpaired) electrons. The first-order valence-corrected chi connectivity index (χ1v) is 5.26. The minimum atomic E-state index is -0.748. The molecule has 0 bridgehead atoms. The van der Waals surface area contributed by atoms with Gasteiger partial charge in [0.2, 0.25) is 0 Å². The Bertz CT molecular complexity index is 418. The van der Waals surface area contributed by atoms with Gasteiger partial charge in [0.25, 0.3) is 5.91 Å². The van der Waals surface area contributed by atoms with Crippen LogP contribution in [0.4, 0.5) is 0 Å². The molecule has 0 aliphatic carbocycles. The molecule has 1 aliphatic heterocycles. The lowest BCUT2D eigenvalue weighted by molar-refractivity contribution is -0.166. The van der Waals surface area contributed by atoms with Gasteiger partial charge in [-0.15, -0.1) is 0 Å². The number of carbonyl (C=O) groups excluding carboxylic acids is 2. The number of rotatable bonds is 4. The Morgan fingerprint density at radius 3 is 2.65 bits per heavy atom. The average molecular weight is 235 g/mol. The number of hydrogen-bond acceptors (Lipinski definition) is 4. The first kappa shape index (κ1) is 11.6. The lowest BCUT2D eigenvalue weighted by Crippen LogP contribution is -2.66. The smallest absolute Gasteiger partial charge is 0.331 e. The van der Waals surface area contributed by atoms with Gasteiger partial charge in [0, 0.05) is 0 Å². The topological polar surface area (TPSA) is 64.6 Å². The van der Waals surface area contributed by atoms with Crippen molar-refractivity contribution in [2.45, 2.75) is 18.8 Å². The van der Waals surface area contributed by atoms with E-state index < -0.39 is 18.1 Å². The van der Waals surface area contributed by atoms with Crippen LogP contribution in [-0.2, 0) is 25.7 Å². The van der Waals surface area contributed by atoms with Crippen LogP contribution in [0.3, 0.4) is 0 Å². The molecule has 1 aromatic rings. The van der Waals surface area contributed by atoms with Crippen molar-refractivity contribution in [1.29, 1.82) is 0 Å². The normalized spacial score (nSPS) is 22.5. The maximum atomic E-state index is 11.2. The van der Waals surface area contributed by atoms with Gasteiger partial charge in [-0.2, -0.15) is 0 Å². The molecule has 1 aromatic carbocycles. The summed E-state index contributed by atoms with van der Waals surface area (Å²) in [7, 11) is 1.28. The van der Waals surface area contributed by atoms with Gasteiger partial charge in [0.05, 0.1) is 13.7 Å². The van der Waals surface area contributed by atoms with Crippen LogP contribution in [-0.4, -0.2) is 31.1 Å². The summed E-state index contributed by atoms with van der Waals surface area (Å²) in [6.45, 7) is 0.298. The lowest BCUT2D eigenvalue weighted by atomic mass is 10.0. The SMILES string of the molecule is COC(=O)[C@H]1NC(=O)[C@H]1OCc1ccccc1. The molecule has 0 spiro atoms. The number of carbonyl (C=O) groups is 2. The zero-order valence-corrected chi connectivity index (χ0v) is 9.38. The Morgan fingerprint density at radius 2 is 2.06 bits per heavy atom. The van der Waals surface area contributed by atoms with Crippen molar-refractivity contribution in [2.24, 2.45) is 0 Å². The third-order valence-electron chi connectivity index (χ3n) is 2.59. The highest BCUT2D eigenvalue weighted by Gasteiger charge is 2.45. The van der Waals surface area contributed by atoms with Gasteiger partial charge in [-0.25, -0.2) is 4.79 Å². The number of hydrogen-bond donors (Lipinski definition) is 1. The van der Waals surface area contributed by atoms with Gasteiger partial charge in [-0.1, -0.05) is 30.3 Å². The minimum absolute atomic E-state index is 0.281. The third-order valence-corrected chi connectivity index (χ3v) is 2.59. The summed E-state index contributed by atoms with van der Waals surface area (Å²) >= 11 is 0. The van der Waals surface area contributed by atoms with Gasteiger partial charge in [0.15, 0.2) is 12.1 Å². The van der Waals surface area contributed by atoms with Crippen LogP contribution in [0, 0.1) is 0 Å². The maximum absolute atomic E-state index is 11.2. The second-order valence-corrected chi connectivity index (χ2v) is 3.73. The van der Waals surface area contributed by atoms with E-state index in [9.17, 15) is 9.59 Å². The molecular weight excluding hydrogens is 222 g/mol. The number of β-lactam (4-membered cyclic amide) rings is 1. The van der Waals surface area contributed by atoms with Crippen LogP contribution in [0.25, 0.3) is 0 Å². The van der Waals surface area contributed by atoms with Gasteiger partial charge in [0.1, 0.15) is 0 Å². The van der Waals surface area contributed by atoms with E-state index >= 15 is 0 Å². The molecule has 1 fully saturated rings. The van der Waals surface area contributed by atoms with Crippen molar-refractivity contribution in [3.05, 3.63) is 35.9 Å². The summed E-state index contributed by atoms with van der Waals surface area (Å²) in [5.74, 6) is -0.765. The molecule has 1 heterocycles. The molecule has 1 aliphatic rings. The van der Waals surface area contributed by atoms with Crippen molar-refractivity contribution in [2.75, 3.05) is 7.11 Å². The Morgan fingerprint density at radius 1 is 1.35 bits per heavy atom. The quantitative estimate of drug-likeness (QED) is 0.600. The number of esters is 1. The van der Waals surface area contributed by atoms with E-state index in [0.717, 1.165) is 5.56 Å². The molecule has 5 heteroatoms. The Hall–Kier alpha value is -1.88. The van der Waals surface area contributed by atoms with Crippen molar-refractivity contribution in [1.82, 2.24) is 5.32 Å². The standard InChI is InChI=1S/C12H13NO4/c1-16-12(15)9-10(11(14)13-9)17-7-8-5-3-2-4-6-8/h2-6,9-10H,7H2,1H3,(H,13,14)/t9-,10-/m0/s1. The largest absolute Gasteiger partial charge is 0.467 e. The average Bonchev–Trinajstić information content (AvgIpc) is 2.36. The molecule has 1 amide bonds. The van der Waals surface area contributed by atoms with E-state index in [1.54, 1.807) is 0 Å². The summed E-state index contributed by atoms with van der Waals surface area (Å²) in [6.07, 6.45) is -0.748. The number of benzene rings is 1. The number of ether oxygens (including phenoxy) is 2. The van der Waals surface area contributed by atoms with Crippen molar-refractivity contribution >= 4 is 11.9 Å². The molecule has 1 N–H and O–H groups in total. The fourth-order valence-electron chi connectivity index (χ4n) is 1.61. The zero-order chi connectivity index (χ0) is 12.3. The van der Waals surface area contributed by atoms with Crippen LogP contribution in [0.5, 0.6) is 0 Å². The summed E-state index contributed by atoms with van der Waals surface area (Å²) in [4.78, 5) is 22.5. The van der Waals surface area contributed by atoms with E-state index in [0.29, 0.717) is 6.61 Å². The first-order chi connectivity index (χ1) is 8.22. The summed E-state index contributed by atoms with van der Waals surface area (Å²) < 4.78 is 9.95. The molecule has 90 valence electrons. The van der Waals surface area contributed by atoms with Gasteiger partial charge < -0.3 is 14.8 Å². The van der Waals surface area contributed by atoms with Gasteiger partial charge in [-0.05, 0) is 5.56 Å². The number of amides is 1. The van der Waals surface area contributed by atoms with Crippen molar-refractivity contribution < 1.29 is 19.1 Å². The van der Waals surface area contributed by atoms with Crippen LogP contribution >= 0.6 is 0 Å². The Kier molecular flexibility index (Phi) is 3.39. The fraction of sp³-hybridized carbons (Fsp3) is 0.333. The fourth-order valence-corrected chi connectivity index (χ4v) is 1.61. The van der Waals surface area contributed by atoms with Crippen molar-refractivity contribution in [3.8, 4) is 0 Å². The first-order valence-electron chi connectivity index (χ1n) is 5.26. The second kappa shape index (κ2) is 4.97. The summed E-state index contributed by atoms with van der Waals surface area (Å²) in [5.41, 5.74) is 0.954. The maximum Gasteiger partial charge on any atom is 0.331 e. The monoisotopic (exact) mass is 235 g/mol. The Balaban J connectivity index is 1.90. The van der Waals surface area contributed by atoms with Crippen LogP contribution in [0.2, 0.25) is 0 Å². The third kappa shape index (κ3) is 2.45. The zero-order valence-electron chi connectivity index (χ0n) is 9.38. The van der Waals surface area contributed by atoms with E-state index in [2.05, 4.69) is 10.1 Å². The van der Waals surface area contributed by atoms with E-state index in [1.165, 1.54) is 7.11 Å². The van der Waals surface area contributed by atoms with Gasteiger partial charge >= 0.3 is 5.97 Å². The highest BCUT2D eigenvalue weighted by molar-refractivity contribution is 5.99. The molecule has 0 saturated carbocycles. The van der Waals surface area contributed by atoms with Crippen LogP contribution in [0.15, 0.2) is 30.3 Å². The highest BCUT2D eigenvalue weighted by Crippen LogP contribution is 2.14. The molecule has 0 unspecified atom stereocenters. The summed E-state index contributed by atoms with van der Waals surface area (Å²) in [6, 6.07) is 8.77. The lowest BCUT2D eigenvalue weighted by Gasteiger charge is -2.33.